The molecule has 23 heavy (non-hydrogen) atoms. The van der Waals surface area contributed by atoms with Gasteiger partial charge in [0, 0.05) is 23.8 Å². The zero-order valence-corrected chi connectivity index (χ0v) is 14.3. The van der Waals surface area contributed by atoms with E-state index >= 15 is 0 Å². The summed E-state index contributed by atoms with van der Waals surface area (Å²) in [4.78, 5) is 11.7. The van der Waals surface area contributed by atoms with E-state index in [1.807, 2.05) is 24.6 Å². The van der Waals surface area contributed by atoms with Gasteiger partial charge in [-0.15, -0.1) is 0 Å². The third-order valence-corrected chi connectivity index (χ3v) is 3.64. The molecule has 124 valence electrons. The van der Waals surface area contributed by atoms with Crippen molar-refractivity contribution >= 4 is 17.5 Å². The lowest BCUT2D eigenvalue weighted by molar-refractivity contribution is -0.121. The van der Waals surface area contributed by atoms with Crippen LogP contribution in [0.5, 0.6) is 5.75 Å². The minimum absolute atomic E-state index is 0.00710. The van der Waals surface area contributed by atoms with Crippen LogP contribution < -0.4 is 10.1 Å². The van der Waals surface area contributed by atoms with E-state index in [0.717, 1.165) is 24.4 Å². The zero-order chi connectivity index (χ0) is 16.7. The third-order valence-electron chi connectivity index (χ3n) is 3.38. The Bertz CT molecular complexity index is 638. The fraction of sp³-hybridized carbons (Fsp3) is 0.412. The minimum atomic E-state index is -0.00710. The van der Waals surface area contributed by atoms with Gasteiger partial charge >= 0.3 is 0 Å². The topological polar surface area (TPSA) is 56.2 Å². The van der Waals surface area contributed by atoms with E-state index in [9.17, 15) is 4.79 Å². The number of rotatable bonds is 8. The summed E-state index contributed by atoms with van der Waals surface area (Å²) in [5.41, 5.74) is 2.16. The molecule has 1 heterocycles. The van der Waals surface area contributed by atoms with Crippen molar-refractivity contribution in [2.75, 3.05) is 13.2 Å². The van der Waals surface area contributed by atoms with Gasteiger partial charge in [0.1, 0.15) is 5.75 Å². The number of benzene rings is 1. The van der Waals surface area contributed by atoms with Gasteiger partial charge < -0.3 is 10.1 Å². The first kappa shape index (κ1) is 17.3. The van der Waals surface area contributed by atoms with Crippen LogP contribution in [0, 0.1) is 13.8 Å². The molecular formula is C17H22ClN3O2. The Labute approximate surface area is 141 Å². The molecule has 1 aromatic carbocycles. The third kappa shape index (κ3) is 5.94. The molecule has 0 saturated carbocycles. The van der Waals surface area contributed by atoms with Crippen molar-refractivity contribution in [3.63, 3.8) is 0 Å². The molecule has 0 atom stereocenters. The molecule has 0 bridgehead atoms. The molecule has 0 radical (unpaired) electrons. The van der Waals surface area contributed by atoms with Crippen LogP contribution in [0.1, 0.15) is 24.2 Å². The molecule has 1 amide bonds. The molecule has 2 aromatic rings. The molecule has 5 nitrogen and oxygen atoms in total. The normalized spacial score (nSPS) is 10.6. The van der Waals surface area contributed by atoms with Gasteiger partial charge in [-0.25, -0.2) is 0 Å². The van der Waals surface area contributed by atoms with E-state index in [0.29, 0.717) is 30.3 Å². The van der Waals surface area contributed by atoms with E-state index in [1.165, 1.54) is 0 Å². The second kappa shape index (κ2) is 8.58. The highest BCUT2D eigenvalue weighted by atomic mass is 35.5. The van der Waals surface area contributed by atoms with Crippen molar-refractivity contribution in [2.24, 2.45) is 0 Å². The molecule has 0 unspecified atom stereocenters. The van der Waals surface area contributed by atoms with Crippen LogP contribution in [-0.4, -0.2) is 28.8 Å². The van der Waals surface area contributed by atoms with Gasteiger partial charge in [-0.3, -0.25) is 9.48 Å². The molecule has 0 aliphatic rings. The number of hydrogen-bond acceptors (Lipinski definition) is 3. The first-order valence-electron chi connectivity index (χ1n) is 7.71. The number of ether oxygens (including phenoxy) is 1. The van der Waals surface area contributed by atoms with Crippen LogP contribution in [0.15, 0.2) is 30.3 Å². The maximum atomic E-state index is 11.7. The molecule has 0 aliphatic carbocycles. The fourth-order valence-electron chi connectivity index (χ4n) is 2.24. The summed E-state index contributed by atoms with van der Waals surface area (Å²) < 4.78 is 7.46. The van der Waals surface area contributed by atoms with Gasteiger partial charge in [0.05, 0.1) is 18.7 Å². The Kier molecular flexibility index (Phi) is 6.47. The monoisotopic (exact) mass is 335 g/mol. The predicted molar refractivity (Wildman–Crippen MR) is 90.9 cm³/mol. The highest BCUT2D eigenvalue weighted by Crippen LogP contribution is 2.15. The molecule has 1 aromatic heterocycles. The molecule has 6 heteroatoms. The van der Waals surface area contributed by atoms with Crippen molar-refractivity contribution in [3.8, 4) is 5.75 Å². The lowest BCUT2D eigenvalue weighted by Crippen LogP contribution is -2.26. The van der Waals surface area contributed by atoms with Gasteiger partial charge in [-0.2, -0.15) is 5.10 Å². The van der Waals surface area contributed by atoms with Crippen LogP contribution in [-0.2, 0) is 11.3 Å². The maximum absolute atomic E-state index is 11.7. The lowest BCUT2D eigenvalue weighted by atomic mass is 10.3. The highest BCUT2D eigenvalue weighted by Gasteiger charge is 2.03. The fourth-order valence-corrected chi connectivity index (χ4v) is 2.36. The second-order valence-corrected chi connectivity index (χ2v) is 5.84. The van der Waals surface area contributed by atoms with Crippen molar-refractivity contribution in [1.82, 2.24) is 15.1 Å². The second-order valence-electron chi connectivity index (χ2n) is 5.41. The summed E-state index contributed by atoms with van der Waals surface area (Å²) in [5, 5.41) is 7.95. The van der Waals surface area contributed by atoms with E-state index < -0.39 is 0 Å². The van der Waals surface area contributed by atoms with Gasteiger partial charge in [-0.1, -0.05) is 11.6 Å². The number of nitrogens with one attached hydrogen (secondary N) is 1. The summed E-state index contributed by atoms with van der Waals surface area (Å²) >= 11 is 5.80. The van der Waals surface area contributed by atoms with Crippen LogP contribution in [0.2, 0.25) is 5.02 Å². The molecule has 0 fully saturated rings. The standard InChI is InChI=1S/C17H22ClN3O2/c1-13-12-14(2)21(20-13)10-3-9-19-17(22)8-11-23-16-6-4-15(18)5-7-16/h4-7,12H,3,8-11H2,1-2H3,(H,19,22). The summed E-state index contributed by atoms with van der Waals surface area (Å²) in [6.45, 7) is 5.81. The number of carbonyl (C=O) groups excluding carboxylic acids is 1. The Morgan fingerprint density at radius 1 is 1.30 bits per heavy atom. The average molecular weight is 336 g/mol. The molecule has 0 saturated heterocycles. The summed E-state index contributed by atoms with van der Waals surface area (Å²) in [6, 6.07) is 9.14. The van der Waals surface area contributed by atoms with E-state index in [-0.39, 0.29) is 5.91 Å². The number of aryl methyl sites for hydroxylation is 3. The van der Waals surface area contributed by atoms with Crippen LogP contribution in [0.3, 0.4) is 0 Å². The molecular weight excluding hydrogens is 314 g/mol. The van der Waals surface area contributed by atoms with Crippen LogP contribution >= 0.6 is 11.6 Å². The number of hydrogen-bond donors (Lipinski definition) is 1. The smallest absolute Gasteiger partial charge is 0.223 e. The maximum Gasteiger partial charge on any atom is 0.223 e. The van der Waals surface area contributed by atoms with E-state index in [2.05, 4.69) is 10.4 Å². The van der Waals surface area contributed by atoms with E-state index in [1.54, 1.807) is 24.3 Å². The first-order valence-corrected chi connectivity index (χ1v) is 8.08. The quantitative estimate of drug-likeness (QED) is 0.754. The molecule has 0 spiro atoms. The van der Waals surface area contributed by atoms with Crippen molar-refractivity contribution in [1.29, 1.82) is 0 Å². The Morgan fingerprint density at radius 2 is 2.04 bits per heavy atom. The highest BCUT2D eigenvalue weighted by molar-refractivity contribution is 6.30. The SMILES string of the molecule is Cc1cc(C)n(CCCNC(=O)CCOc2ccc(Cl)cc2)n1. The lowest BCUT2D eigenvalue weighted by Gasteiger charge is -2.08. The summed E-state index contributed by atoms with van der Waals surface area (Å²) in [5.74, 6) is 0.707. The number of nitrogens with zero attached hydrogens (tertiary/aromatic N) is 2. The van der Waals surface area contributed by atoms with Crippen LogP contribution in [0.4, 0.5) is 0 Å². The molecule has 1 N–H and O–H groups in total. The number of carbonyl (C=O) groups is 1. The molecule has 2 rings (SSSR count). The summed E-state index contributed by atoms with van der Waals surface area (Å²) in [7, 11) is 0. The van der Waals surface area contributed by atoms with Gasteiger partial charge in [0.25, 0.3) is 0 Å². The number of halogens is 1. The largest absolute Gasteiger partial charge is 0.493 e. The van der Waals surface area contributed by atoms with Crippen molar-refractivity contribution in [3.05, 3.63) is 46.7 Å². The average Bonchev–Trinajstić information content (AvgIpc) is 2.83. The van der Waals surface area contributed by atoms with Gasteiger partial charge in [-0.05, 0) is 50.6 Å². The number of aromatic nitrogens is 2. The van der Waals surface area contributed by atoms with Crippen LogP contribution in [0.25, 0.3) is 0 Å². The zero-order valence-electron chi connectivity index (χ0n) is 13.5. The van der Waals surface area contributed by atoms with Gasteiger partial charge in [0.15, 0.2) is 0 Å². The Balaban J connectivity index is 1.58. The van der Waals surface area contributed by atoms with Crippen molar-refractivity contribution in [2.45, 2.75) is 33.2 Å². The van der Waals surface area contributed by atoms with Gasteiger partial charge in [0.2, 0.25) is 5.91 Å². The number of amides is 1. The molecule has 0 aliphatic heterocycles. The summed E-state index contributed by atoms with van der Waals surface area (Å²) in [6.07, 6.45) is 1.19. The Hall–Kier alpha value is -2.01. The first-order chi connectivity index (χ1) is 11.0. The van der Waals surface area contributed by atoms with E-state index in [4.69, 9.17) is 16.3 Å². The Morgan fingerprint density at radius 3 is 2.70 bits per heavy atom. The minimum Gasteiger partial charge on any atom is -0.493 e. The predicted octanol–water partition coefficient (Wildman–Crippen LogP) is 3.13. The van der Waals surface area contributed by atoms with Crippen molar-refractivity contribution < 1.29 is 9.53 Å².